The van der Waals surface area contributed by atoms with Crippen molar-refractivity contribution in [1.82, 2.24) is 9.62 Å². The zero-order valence-corrected chi connectivity index (χ0v) is 20.1. The molecular weight excluding hydrogens is 462 g/mol. The van der Waals surface area contributed by atoms with Gasteiger partial charge >= 0.3 is 0 Å². The third-order valence-electron chi connectivity index (χ3n) is 5.81. The van der Waals surface area contributed by atoms with Gasteiger partial charge in [0.05, 0.1) is 25.2 Å². The van der Waals surface area contributed by atoms with E-state index in [4.69, 9.17) is 20.8 Å². The quantitative estimate of drug-likeness (QED) is 0.491. The first-order valence-electron chi connectivity index (χ1n) is 10.8. The van der Waals surface area contributed by atoms with Crippen molar-refractivity contribution in [3.63, 3.8) is 0 Å². The lowest BCUT2D eigenvalue weighted by Crippen LogP contribution is -2.49. The van der Waals surface area contributed by atoms with Crippen LogP contribution >= 0.6 is 11.6 Å². The van der Waals surface area contributed by atoms with E-state index in [-0.39, 0.29) is 18.3 Å². The molecule has 0 radical (unpaired) electrons. The number of nitrogens with one attached hydrogen (secondary N) is 1. The summed E-state index contributed by atoms with van der Waals surface area (Å²) in [6, 6.07) is 18.5. The summed E-state index contributed by atoms with van der Waals surface area (Å²) in [7, 11) is -1.88. The lowest BCUT2D eigenvalue weighted by atomic mass is 10.1. The molecule has 0 saturated carbocycles. The number of furan rings is 1. The number of halogens is 1. The number of sulfonamides is 1. The maximum atomic E-state index is 12.7. The Kier molecular flexibility index (Phi) is 7.60. The largest absolute Gasteiger partial charge is 0.497 e. The van der Waals surface area contributed by atoms with Crippen LogP contribution in [0.25, 0.3) is 0 Å². The highest BCUT2D eigenvalue weighted by Crippen LogP contribution is 2.26. The van der Waals surface area contributed by atoms with E-state index in [0.29, 0.717) is 10.6 Å². The van der Waals surface area contributed by atoms with Gasteiger partial charge in [-0.2, -0.15) is 0 Å². The van der Waals surface area contributed by atoms with Crippen molar-refractivity contribution in [3.8, 4) is 5.75 Å². The molecule has 0 spiro atoms. The highest BCUT2D eigenvalue weighted by molar-refractivity contribution is 7.88. The van der Waals surface area contributed by atoms with Crippen LogP contribution in [0.15, 0.2) is 71.3 Å². The highest BCUT2D eigenvalue weighted by Gasteiger charge is 2.28. The molecule has 1 saturated heterocycles. The highest BCUT2D eigenvalue weighted by atomic mass is 35.5. The molecule has 33 heavy (non-hydrogen) atoms. The lowest BCUT2D eigenvalue weighted by molar-refractivity contribution is 0.166. The summed E-state index contributed by atoms with van der Waals surface area (Å²) in [4.78, 5) is 4.58. The number of methoxy groups -OCH3 is 1. The molecule has 1 aromatic heterocycles. The first-order valence-corrected chi connectivity index (χ1v) is 12.8. The third-order valence-corrected chi connectivity index (χ3v) is 7.36. The average molecular weight is 490 g/mol. The van der Waals surface area contributed by atoms with E-state index in [1.54, 1.807) is 37.6 Å². The van der Waals surface area contributed by atoms with Gasteiger partial charge in [-0.1, -0.05) is 23.7 Å². The zero-order chi connectivity index (χ0) is 23.3. The Hall–Kier alpha value is -2.52. The number of hydrogen-bond acceptors (Lipinski definition) is 6. The molecule has 1 unspecified atom stereocenters. The molecule has 1 aliphatic heterocycles. The molecule has 2 heterocycles. The summed E-state index contributed by atoms with van der Waals surface area (Å²) in [5.74, 6) is 1.46. The molecule has 0 amide bonds. The smallest absolute Gasteiger partial charge is 0.215 e. The molecule has 0 aliphatic carbocycles. The monoisotopic (exact) mass is 489 g/mol. The van der Waals surface area contributed by atoms with Gasteiger partial charge < -0.3 is 14.1 Å². The number of anilines is 1. The van der Waals surface area contributed by atoms with E-state index in [9.17, 15) is 8.42 Å². The fourth-order valence-electron chi connectivity index (χ4n) is 4.08. The van der Waals surface area contributed by atoms with Crippen LogP contribution in [0.1, 0.15) is 17.4 Å². The van der Waals surface area contributed by atoms with Gasteiger partial charge in [-0.25, -0.2) is 13.1 Å². The van der Waals surface area contributed by atoms with Crippen molar-refractivity contribution in [2.24, 2.45) is 0 Å². The van der Waals surface area contributed by atoms with E-state index >= 15 is 0 Å². The Labute approximate surface area is 200 Å². The van der Waals surface area contributed by atoms with Crippen LogP contribution in [0.5, 0.6) is 5.75 Å². The van der Waals surface area contributed by atoms with Crippen LogP contribution < -0.4 is 14.4 Å². The van der Waals surface area contributed by atoms with Crippen LogP contribution in [0.4, 0.5) is 5.69 Å². The standard InChI is InChI=1S/C24H28ClN3O4S/c1-31-22-9-7-21(8-10-22)27-11-13-28(14-12-27)23(24-6-3-15-32-24)17-26-33(29,30)18-19-4-2-5-20(25)16-19/h2-10,15-16,23,26H,11-14,17-18H2,1H3. The minimum atomic E-state index is -3.54. The number of ether oxygens (including phenoxy) is 1. The van der Waals surface area contributed by atoms with Gasteiger partial charge in [0, 0.05) is 43.4 Å². The fraction of sp³-hybridized carbons (Fsp3) is 0.333. The molecule has 3 aromatic rings. The maximum absolute atomic E-state index is 12.7. The van der Waals surface area contributed by atoms with Crippen LogP contribution in [0.2, 0.25) is 5.02 Å². The van der Waals surface area contributed by atoms with E-state index in [1.807, 2.05) is 24.3 Å². The van der Waals surface area contributed by atoms with Crippen LogP contribution in [0, 0.1) is 0 Å². The summed E-state index contributed by atoms with van der Waals surface area (Å²) >= 11 is 6.00. The van der Waals surface area contributed by atoms with Crippen molar-refractivity contribution >= 4 is 27.3 Å². The first kappa shape index (κ1) is 23.6. The van der Waals surface area contributed by atoms with E-state index in [0.717, 1.165) is 43.4 Å². The predicted octanol–water partition coefficient (Wildman–Crippen LogP) is 3.92. The lowest BCUT2D eigenvalue weighted by Gasteiger charge is -2.39. The Morgan fingerprint density at radius 3 is 2.45 bits per heavy atom. The van der Waals surface area contributed by atoms with Crippen molar-refractivity contribution < 1.29 is 17.6 Å². The van der Waals surface area contributed by atoms with Gasteiger partial charge in [-0.05, 0) is 54.1 Å². The molecule has 9 heteroatoms. The summed E-state index contributed by atoms with van der Waals surface area (Å²) in [5.41, 5.74) is 1.80. The Morgan fingerprint density at radius 1 is 1.06 bits per heavy atom. The van der Waals surface area contributed by atoms with Gasteiger partial charge in [0.1, 0.15) is 11.5 Å². The second-order valence-corrected chi connectivity index (χ2v) is 10.2. The molecule has 4 rings (SSSR count). The Balaban J connectivity index is 1.39. The number of nitrogens with zero attached hydrogens (tertiary/aromatic N) is 2. The van der Waals surface area contributed by atoms with Gasteiger partial charge in [-0.3, -0.25) is 4.90 Å². The molecule has 1 atom stereocenters. The van der Waals surface area contributed by atoms with Gasteiger partial charge in [0.2, 0.25) is 10.0 Å². The first-order chi connectivity index (χ1) is 15.9. The summed E-state index contributed by atoms with van der Waals surface area (Å²) in [6.45, 7) is 3.47. The molecular formula is C24H28ClN3O4S. The van der Waals surface area contributed by atoms with E-state index in [1.165, 1.54) is 0 Å². The predicted molar refractivity (Wildman–Crippen MR) is 130 cm³/mol. The number of hydrogen-bond donors (Lipinski definition) is 1. The molecule has 7 nitrogen and oxygen atoms in total. The summed E-state index contributed by atoms with van der Waals surface area (Å²) in [5, 5.41) is 0.519. The average Bonchev–Trinajstić information content (AvgIpc) is 3.34. The van der Waals surface area contributed by atoms with Gasteiger partial charge in [0.15, 0.2) is 0 Å². The van der Waals surface area contributed by atoms with Crippen LogP contribution in [0.3, 0.4) is 0 Å². The number of benzene rings is 2. The van der Waals surface area contributed by atoms with Crippen molar-refractivity contribution in [3.05, 3.63) is 83.3 Å². The van der Waals surface area contributed by atoms with E-state index < -0.39 is 10.0 Å². The van der Waals surface area contributed by atoms with Gasteiger partial charge in [-0.15, -0.1) is 0 Å². The third kappa shape index (κ3) is 6.29. The molecule has 1 N–H and O–H groups in total. The van der Waals surface area contributed by atoms with Crippen molar-refractivity contribution in [2.45, 2.75) is 11.8 Å². The molecule has 176 valence electrons. The Morgan fingerprint density at radius 2 is 1.82 bits per heavy atom. The van der Waals surface area contributed by atoms with Crippen molar-refractivity contribution in [2.75, 3.05) is 44.7 Å². The van der Waals surface area contributed by atoms with Crippen LogP contribution in [-0.4, -0.2) is 53.2 Å². The summed E-state index contributed by atoms with van der Waals surface area (Å²) < 4.78 is 39.1. The molecule has 1 fully saturated rings. The fourth-order valence-corrected chi connectivity index (χ4v) is 5.42. The Bertz CT molecular complexity index is 1130. The number of rotatable bonds is 9. The zero-order valence-electron chi connectivity index (χ0n) is 18.5. The minimum Gasteiger partial charge on any atom is -0.497 e. The number of piperazine rings is 1. The second-order valence-electron chi connectivity index (χ2n) is 7.99. The maximum Gasteiger partial charge on any atom is 0.215 e. The normalized spacial score (nSPS) is 16.0. The minimum absolute atomic E-state index is 0.121. The van der Waals surface area contributed by atoms with Crippen molar-refractivity contribution in [1.29, 1.82) is 0 Å². The van der Waals surface area contributed by atoms with Gasteiger partial charge in [0.25, 0.3) is 0 Å². The molecule has 2 aromatic carbocycles. The summed E-state index contributed by atoms with van der Waals surface area (Å²) in [6.07, 6.45) is 1.62. The second kappa shape index (κ2) is 10.6. The SMILES string of the molecule is COc1ccc(N2CCN(C(CNS(=O)(=O)Cc3cccc(Cl)c3)c3ccco3)CC2)cc1. The topological polar surface area (TPSA) is 75.0 Å². The van der Waals surface area contributed by atoms with E-state index in [2.05, 4.69) is 26.7 Å². The van der Waals surface area contributed by atoms with Crippen LogP contribution in [-0.2, 0) is 15.8 Å². The molecule has 1 aliphatic rings. The molecule has 0 bridgehead atoms.